The highest BCUT2D eigenvalue weighted by atomic mass is 16.6. The molecule has 6 nitrogen and oxygen atoms in total. The van der Waals surface area contributed by atoms with Crippen molar-refractivity contribution in [3.05, 3.63) is 32.5 Å². The van der Waals surface area contributed by atoms with E-state index in [2.05, 4.69) is 9.97 Å². The van der Waals surface area contributed by atoms with Gasteiger partial charge in [-0.15, -0.1) is 0 Å². The lowest BCUT2D eigenvalue weighted by Crippen LogP contribution is -2.14. The molecular weight excluding hydrogens is 174 g/mol. The number of nitro groups is 1. The highest BCUT2D eigenvalue weighted by Gasteiger charge is 2.34. The number of aromatic nitrogens is 2. The molecule has 2 rings (SSSR count). The van der Waals surface area contributed by atoms with Crippen LogP contribution in [0.3, 0.4) is 0 Å². The van der Waals surface area contributed by atoms with Crippen LogP contribution in [0.4, 0.5) is 5.69 Å². The van der Waals surface area contributed by atoms with Crippen molar-refractivity contribution in [2.24, 2.45) is 0 Å². The summed E-state index contributed by atoms with van der Waals surface area (Å²) in [6.07, 6.45) is 2.98. The molecule has 0 unspecified atom stereocenters. The van der Waals surface area contributed by atoms with Gasteiger partial charge in [0.15, 0.2) is 0 Å². The molecule has 6 heteroatoms. The Kier molecular flexibility index (Phi) is 1.61. The summed E-state index contributed by atoms with van der Waals surface area (Å²) in [5.74, 6) is 0.114. The molecular formula is C7H7N3O3. The van der Waals surface area contributed by atoms with Crippen molar-refractivity contribution in [1.29, 1.82) is 0 Å². The maximum Gasteiger partial charge on any atom is 0.355 e. The van der Waals surface area contributed by atoms with Crippen molar-refractivity contribution < 1.29 is 4.92 Å². The van der Waals surface area contributed by atoms with Crippen LogP contribution >= 0.6 is 0 Å². The second kappa shape index (κ2) is 2.65. The largest absolute Gasteiger partial charge is 0.355 e. The third kappa shape index (κ3) is 1.30. The Morgan fingerprint density at radius 1 is 1.62 bits per heavy atom. The van der Waals surface area contributed by atoms with Crippen LogP contribution in [-0.2, 0) is 0 Å². The van der Waals surface area contributed by atoms with Gasteiger partial charge in [0.1, 0.15) is 5.69 Å². The molecule has 0 saturated heterocycles. The average molecular weight is 181 g/mol. The first kappa shape index (κ1) is 7.90. The SMILES string of the molecule is O=c1[nH]cnc(C2CC2)c1[N+](=O)[O-]. The predicted molar refractivity (Wildman–Crippen MR) is 43.5 cm³/mol. The molecule has 1 aromatic heterocycles. The maximum absolute atomic E-state index is 11.1. The fourth-order valence-corrected chi connectivity index (χ4v) is 1.24. The normalized spacial score (nSPS) is 15.7. The van der Waals surface area contributed by atoms with Gasteiger partial charge in [0.05, 0.1) is 11.3 Å². The summed E-state index contributed by atoms with van der Waals surface area (Å²) in [5.41, 5.74) is -0.736. The van der Waals surface area contributed by atoms with E-state index in [0.29, 0.717) is 5.69 Å². The maximum atomic E-state index is 11.1. The van der Waals surface area contributed by atoms with Crippen molar-refractivity contribution >= 4 is 5.69 Å². The number of hydrogen-bond acceptors (Lipinski definition) is 4. The van der Waals surface area contributed by atoms with Crippen LogP contribution in [0.25, 0.3) is 0 Å². The average Bonchev–Trinajstić information content (AvgIpc) is 2.85. The lowest BCUT2D eigenvalue weighted by molar-refractivity contribution is -0.387. The first-order valence-corrected chi connectivity index (χ1v) is 3.92. The second-order valence-corrected chi connectivity index (χ2v) is 3.00. The molecule has 1 aliphatic carbocycles. The number of hydrogen-bond donors (Lipinski definition) is 1. The van der Waals surface area contributed by atoms with E-state index in [4.69, 9.17) is 0 Å². The van der Waals surface area contributed by atoms with Gasteiger partial charge in [-0.1, -0.05) is 0 Å². The third-order valence-corrected chi connectivity index (χ3v) is 2.00. The van der Waals surface area contributed by atoms with Gasteiger partial charge in [-0.05, 0) is 12.8 Å². The molecule has 0 aliphatic heterocycles. The molecule has 0 radical (unpaired) electrons. The van der Waals surface area contributed by atoms with Gasteiger partial charge < -0.3 is 4.98 Å². The van der Waals surface area contributed by atoms with E-state index in [1.807, 2.05) is 0 Å². The number of rotatable bonds is 2. The van der Waals surface area contributed by atoms with E-state index in [1.54, 1.807) is 0 Å². The monoisotopic (exact) mass is 181 g/mol. The van der Waals surface area contributed by atoms with E-state index in [9.17, 15) is 14.9 Å². The predicted octanol–water partition coefficient (Wildman–Crippen LogP) is 0.555. The molecule has 0 atom stereocenters. The Labute approximate surface area is 72.8 Å². The summed E-state index contributed by atoms with van der Waals surface area (Å²) in [5, 5.41) is 10.5. The van der Waals surface area contributed by atoms with E-state index in [1.165, 1.54) is 6.33 Å². The van der Waals surface area contributed by atoms with Crippen molar-refractivity contribution in [1.82, 2.24) is 9.97 Å². The van der Waals surface area contributed by atoms with Crippen LogP contribution in [-0.4, -0.2) is 14.9 Å². The lowest BCUT2D eigenvalue weighted by Gasteiger charge is -1.96. The molecule has 0 aromatic carbocycles. The van der Waals surface area contributed by atoms with Gasteiger partial charge in [0.25, 0.3) is 0 Å². The topological polar surface area (TPSA) is 88.9 Å². The quantitative estimate of drug-likeness (QED) is 0.533. The fraction of sp³-hybridized carbons (Fsp3) is 0.429. The third-order valence-electron chi connectivity index (χ3n) is 2.00. The fourth-order valence-electron chi connectivity index (χ4n) is 1.24. The number of H-pyrrole nitrogens is 1. The van der Waals surface area contributed by atoms with E-state index >= 15 is 0 Å². The highest BCUT2D eigenvalue weighted by molar-refractivity contribution is 5.36. The van der Waals surface area contributed by atoms with Gasteiger partial charge in [-0.2, -0.15) is 0 Å². The molecule has 1 heterocycles. The minimum absolute atomic E-state index is 0.114. The molecule has 68 valence electrons. The standard InChI is InChI=1S/C7H7N3O3/c11-7-6(10(12)13)5(4-1-2-4)8-3-9-7/h3-4H,1-2H2,(H,8,9,11). The van der Waals surface area contributed by atoms with Gasteiger partial charge >= 0.3 is 11.2 Å². The van der Waals surface area contributed by atoms with E-state index in [0.717, 1.165) is 12.8 Å². The Balaban J connectivity index is 2.60. The number of nitrogens with one attached hydrogen (secondary N) is 1. The zero-order chi connectivity index (χ0) is 9.42. The summed E-state index contributed by atoms with van der Waals surface area (Å²) in [6, 6.07) is 0. The lowest BCUT2D eigenvalue weighted by atomic mass is 10.2. The van der Waals surface area contributed by atoms with Gasteiger partial charge in [0.2, 0.25) is 0 Å². The minimum Gasteiger partial charge on any atom is -0.307 e. The smallest absolute Gasteiger partial charge is 0.307 e. The van der Waals surface area contributed by atoms with Crippen LogP contribution in [0.1, 0.15) is 24.5 Å². The van der Waals surface area contributed by atoms with Crippen LogP contribution in [0.5, 0.6) is 0 Å². The summed E-state index contributed by atoms with van der Waals surface area (Å²) < 4.78 is 0. The Morgan fingerprint density at radius 3 is 2.85 bits per heavy atom. The Hall–Kier alpha value is -1.72. The molecule has 1 aliphatic rings. The zero-order valence-electron chi connectivity index (χ0n) is 6.69. The highest BCUT2D eigenvalue weighted by Crippen LogP contribution is 2.41. The van der Waals surface area contributed by atoms with E-state index in [-0.39, 0.29) is 5.92 Å². The van der Waals surface area contributed by atoms with Crippen molar-refractivity contribution in [2.75, 3.05) is 0 Å². The molecule has 1 saturated carbocycles. The molecule has 1 N–H and O–H groups in total. The first-order chi connectivity index (χ1) is 6.20. The summed E-state index contributed by atoms with van der Waals surface area (Å²) in [7, 11) is 0. The Morgan fingerprint density at radius 2 is 2.31 bits per heavy atom. The number of nitrogens with zero attached hydrogens (tertiary/aromatic N) is 2. The minimum atomic E-state index is -0.667. The molecule has 0 spiro atoms. The van der Waals surface area contributed by atoms with Crippen LogP contribution in [0, 0.1) is 10.1 Å². The molecule has 1 aromatic rings. The zero-order valence-corrected chi connectivity index (χ0v) is 6.69. The summed E-state index contributed by atoms with van der Waals surface area (Å²) in [6.45, 7) is 0. The van der Waals surface area contributed by atoms with Gasteiger partial charge in [-0.3, -0.25) is 14.9 Å². The summed E-state index contributed by atoms with van der Waals surface area (Å²) in [4.78, 5) is 27.0. The molecule has 0 amide bonds. The first-order valence-electron chi connectivity index (χ1n) is 3.92. The number of aromatic amines is 1. The van der Waals surface area contributed by atoms with E-state index < -0.39 is 16.2 Å². The molecule has 1 fully saturated rings. The van der Waals surface area contributed by atoms with Crippen LogP contribution < -0.4 is 5.56 Å². The molecule has 0 bridgehead atoms. The summed E-state index contributed by atoms with van der Waals surface area (Å²) >= 11 is 0. The van der Waals surface area contributed by atoms with Gasteiger partial charge in [0, 0.05) is 5.92 Å². The van der Waals surface area contributed by atoms with Crippen LogP contribution in [0.15, 0.2) is 11.1 Å². The van der Waals surface area contributed by atoms with Gasteiger partial charge in [-0.25, -0.2) is 4.98 Å². The second-order valence-electron chi connectivity index (χ2n) is 3.00. The Bertz CT molecular complexity index is 408. The van der Waals surface area contributed by atoms with Crippen molar-refractivity contribution in [3.8, 4) is 0 Å². The van der Waals surface area contributed by atoms with Crippen LogP contribution in [0.2, 0.25) is 0 Å². The van der Waals surface area contributed by atoms with Crippen molar-refractivity contribution in [3.63, 3.8) is 0 Å². The molecule has 13 heavy (non-hydrogen) atoms. The van der Waals surface area contributed by atoms with Crippen molar-refractivity contribution in [2.45, 2.75) is 18.8 Å².